The van der Waals surface area contributed by atoms with E-state index in [2.05, 4.69) is 10.6 Å². The Morgan fingerprint density at radius 1 is 1.17 bits per heavy atom. The van der Waals surface area contributed by atoms with Crippen LogP contribution in [0, 0.1) is 0 Å². The predicted octanol–water partition coefficient (Wildman–Crippen LogP) is 3.48. The molecule has 0 atom stereocenters. The number of hydrogen-bond acceptors (Lipinski definition) is 4. The normalized spacial score (nSPS) is 13.1. The van der Waals surface area contributed by atoms with Gasteiger partial charge in [0.2, 0.25) is 0 Å². The summed E-state index contributed by atoms with van der Waals surface area (Å²) in [5, 5.41) is 8.62. The van der Waals surface area contributed by atoms with Crippen LogP contribution in [0.3, 0.4) is 0 Å². The molecular weight excluding hydrogens is 312 g/mol. The van der Waals surface area contributed by atoms with Crippen molar-refractivity contribution in [1.29, 1.82) is 0 Å². The lowest BCUT2D eigenvalue weighted by Crippen LogP contribution is -2.25. The second-order valence-corrected chi connectivity index (χ2v) is 6.12. The zero-order valence-electron chi connectivity index (χ0n) is 12.0. The highest BCUT2D eigenvalue weighted by molar-refractivity contribution is 7.17. The largest absolute Gasteiger partial charge is 0.482 e. The lowest BCUT2D eigenvalue weighted by Gasteiger charge is -2.18. The predicted molar refractivity (Wildman–Crippen MR) is 90.3 cm³/mol. The molecule has 6 heteroatoms. The first kappa shape index (κ1) is 13.8. The van der Waals surface area contributed by atoms with E-state index < -0.39 is 0 Å². The number of thiophene rings is 1. The van der Waals surface area contributed by atoms with Gasteiger partial charge >= 0.3 is 0 Å². The van der Waals surface area contributed by atoms with Crippen LogP contribution in [0.15, 0.2) is 47.8 Å². The molecule has 2 N–H and O–H groups in total. The summed E-state index contributed by atoms with van der Waals surface area (Å²) in [6, 6.07) is 12.8. The second kappa shape index (κ2) is 5.40. The summed E-state index contributed by atoms with van der Waals surface area (Å²) in [7, 11) is 0. The van der Waals surface area contributed by atoms with Gasteiger partial charge in [0.1, 0.15) is 5.75 Å². The summed E-state index contributed by atoms with van der Waals surface area (Å²) < 4.78 is 6.50. The van der Waals surface area contributed by atoms with Gasteiger partial charge in [-0.05, 0) is 47.2 Å². The molecule has 5 nitrogen and oxygen atoms in total. The lowest BCUT2D eigenvalue weighted by molar-refractivity contribution is -0.118. The van der Waals surface area contributed by atoms with Crippen molar-refractivity contribution in [2.45, 2.75) is 0 Å². The number of anilines is 2. The molecule has 0 fully saturated rings. The van der Waals surface area contributed by atoms with E-state index in [-0.39, 0.29) is 18.4 Å². The van der Waals surface area contributed by atoms with Crippen LogP contribution in [0.25, 0.3) is 10.1 Å². The summed E-state index contributed by atoms with van der Waals surface area (Å²) >= 11 is 1.64. The molecule has 1 aliphatic rings. The summed E-state index contributed by atoms with van der Waals surface area (Å²) in [6.45, 7) is -0.0147. The van der Waals surface area contributed by atoms with Crippen LogP contribution in [-0.4, -0.2) is 18.4 Å². The van der Waals surface area contributed by atoms with Crippen molar-refractivity contribution >= 4 is 44.6 Å². The minimum absolute atomic E-state index is 0.0147. The number of amides is 2. The maximum atomic E-state index is 12.4. The van der Waals surface area contributed by atoms with E-state index in [1.54, 1.807) is 29.5 Å². The van der Waals surface area contributed by atoms with Crippen molar-refractivity contribution in [2.24, 2.45) is 0 Å². The van der Waals surface area contributed by atoms with Crippen molar-refractivity contribution in [1.82, 2.24) is 0 Å². The Bertz CT molecular complexity index is 932. The Balaban J connectivity index is 1.57. The molecule has 1 aliphatic heterocycles. The number of nitrogens with one attached hydrogen (secondary N) is 2. The zero-order chi connectivity index (χ0) is 15.8. The molecule has 2 amide bonds. The van der Waals surface area contributed by atoms with Gasteiger partial charge in [-0.25, -0.2) is 0 Å². The highest BCUT2D eigenvalue weighted by Crippen LogP contribution is 2.31. The van der Waals surface area contributed by atoms with Gasteiger partial charge in [-0.3, -0.25) is 9.59 Å². The standard InChI is InChI=1S/C17H12N2O3S/c20-16-9-22-14-8-12(2-3-13(14)19-16)18-17(21)11-1-4-15-10(7-11)5-6-23-15/h1-8H,9H2,(H,18,21)(H,19,20). The Labute approximate surface area is 135 Å². The van der Waals surface area contributed by atoms with Gasteiger partial charge < -0.3 is 15.4 Å². The van der Waals surface area contributed by atoms with Crippen LogP contribution >= 0.6 is 11.3 Å². The molecule has 114 valence electrons. The van der Waals surface area contributed by atoms with Crippen molar-refractivity contribution < 1.29 is 14.3 Å². The molecule has 0 saturated carbocycles. The minimum Gasteiger partial charge on any atom is -0.482 e. The molecule has 4 rings (SSSR count). The van der Waals surface area contributed by atoms with Crippen LogP contribution in [0.1, 0.15) is 10.4 Å². The van der Waals surface area contributed by atoms with Crippen LogP contribution in [0.4, 0.5) is 11.4 Å². The Morgan fingerprint density at radius 2 is 2.09 bits per heavy atom. The van der Waals surface area contributed by atoms with Gasteiger partial charge in [-0.2, -0.15) is 0 Å². The van der Waals surface area contributed by atoms with Crippen LogP contribution in [0.5, 0.6) is 5.75 Å². The van der Waals surface area contributed by atoms with Crippen LogP contribution in [-0.2, 0) is 4.79 Å². The van der Waals surface area contributed by atoms with Gasteiger partial charge in [-0.1, -0.05) is 0 Å². The first-order chi connectivity index (χ1) is 11.2. The smallest absolute Gasteiger partial charge is 0.262 e. The second-order valence-electron chi connectivity index (χ2n) is 5.18. The van der Waals surface area contributed by atoms with Gasteiger partial charge in [-0.15, -0.1) is 11.3 Å². The first-order valence-electron chi connectivity index (χ1n) is 7.04. The summed E-state index contributed by atoms with van der Waals surface area (Å²) in [4.78, 5) is 23.6. The average Bonchev–Trinajstić information content (AvgIpc) is 3.02. The molecule has 0 radical (unpaired) electrons. The fraction of sp³-hybridized carbons (Fsp3) is 0.0588. The topological polar surface area (TPSA) is 67.4 Å². The molecule has 0 spiro atoms. The quantitative estimate of drug-likeness (QED) is 0.758. The third-order valence-electron chi connectivity index (χ3n) is 3.59. The number of rotatable bonds is 2. The van der Waals surface area contributed by atoms with E-state index in [4.69, 9.17) is 4.74 Å². The molecule has 23 heavy (non-hydrogen) atoms. The Kier molecular flexibility index (Phi) is 3.24. The van der Waals surface area contributed by atoms with Crippen molar-refractivity contribution in [3.63, 3.8) is 0 Å². The number of carbonyl (C=O) groups excluding carboxylic acids is 2. The SMILES string of the molecule is O=C1COc2cc(NC(=O)c3ccc4sccc4c3)ccc2N1. The molecule has 0 saturated heterocycles. The third-order valence-corrected chi connectivity index (χ3v) is 4.48. The Hall–Kier alpha value is -2.86. The van der Waals surface area contributed by atoms with E-state index in [0.29, 0.717) is 22.7 Å². The summed E-state index contributed by atoms with van der Waals surface area (Å²) in [5.74, 6) is 0.187. The number of hydrogen-bond donors (Lipinski definition) is 2. The molecule has 0 aliphatic carbocycles. The average molecular weight is 324 g/mol. The monoisotopic (exact) mass is 324 g/mol. The lowest BCUT2D eigenvalue weighted by atomic mass is 10.1. The van der Waals surface area contributed by atoms with E-state index in [1.807, 2.05) is 29.6 Å². The van der Waals surface area contributed by atoms with Gasteiger partial charge in [0.15, 0.2) is 6.61 Å². The van der Waals surface area contributed by atoms with Gasteiger partial charge in [0.05, 0.1) is 5.69 Å². The number of fused-ring (bicyclic) bond motifs is 2. The molecule has 2 heterocycles. The maximum absolute atomic E-state index is 12.4. The fourth-order valence-electron chi connectivity index (χ4n) is 2.46. The van der Waals surface area contributed by atoms with Gasteiger partial charge in [0, 0.05) is 22.0 Å². The van der Waals surface area contributed by atoms with Gasteiger partial charge in [0.25, 0.3) is 11.8 Å². The van der Waals surface area contributed by atoms with Crippen LogP contribution < -0.4 is 15.4 Å². The molecule has 3 aromatic rings. The summed E-state index contributed by atoms with van der Waals surface area (Å²) in [6.07, 6.45) is 0. The van der Waals surface area contributed by atoms with Crippen molar-refractivity contribution in [3.8, 4) is 5.75 Å². The molecule has 1 aromatic heterocycles. The van der Waals surface area contributed by atoms with Crippen molar-refractivity contribution in [3.05, 3.63) is 53.4 Å². The van der Waals surface area contributed by atoms with Crippen LogP contribution in [0.2, 0.25) is 0 Å². The third kappa shape index (κ3) is 2.64. The molecular formula is C17H12N2O3S. The van der Waals surface area contributed by atoms with E-state index in [9.17, 15) is 9.59 Å². The number of ether oxygens (including phenoxy) is 1. The molecule has 2 aromatic carbocycles. The number of carbonyl (C=O) groups is 2. The molecule has 0 unspecified atom stereocenters. The summed E-state index contributed by atoms with van der Waals surface area (Å²) in [5.41, 5.74) is 1.83. The zero-order valence-corrected chi connectivity index (χ0v) is 12.8. The number of benzene rings is 2. The fourth-order valence-corrected chi connectivity index (χ4v) is 3.23. The maximum Gasteiger partial charge on any atom is 0.262 e. The van der Waals surface area contributed by atoms with E-state index in [1.165, 1.54) is 0 Å². The first-order valence-corrected chi connectivity index (χ1v) is 7.92. The highest BCUT2D eigenvalue weighted by Gasteiger charge is 2.16. The van der Waals surface area contributed by atoms with E-state index >= 15 is 0 Å². The van der Waals surface area contributed by atoms with Crippen molar-refractivity contribution in [2.75, 3.05) is 17.2 Å². The minimum atomic E-state index is -0.183. The van der Waals surface area contributed by atoms with E-state index in [0.717, 1.165) is 10.1 Å². The highest BCUT2D eigenvalue weighted by atomic mass is 32.1. The Morgan fingerprint density at radius 3 is 3.00 bits per heavy atom. The molecule has 0 bridgehead atoms.